The molecular weight excluding hydrogens is 338 g/mol. The van der Waals surface area contributed by atoms with Crippen molar-refractivity contribution in [2.45, 2.75) is 45.2 Å². The largest absolute Gasteiger partial charge is 0.480 e. The molecule has 2 heterocycles. The Morgan fingerprint density at radius 1 is 1.42 bits per heavy atom. The van der Waals surface area contributed by atoms with Crippen LogP contribution in [0.1, 0.15) is 31.2 Å². The minimum absolute atomic E-state index is 0.0372. The van der Waals surface area contributed by atoms with Gasteiger partial charge < -0.3 is 19.3 Å². The second-order valence-electron chi connectivity index (χ2n) is 6.52. The number of carboxylic acid groups (broad SMARTS) is 1. The average Bonchev–Trinajstić information content (AvgIpc) is 3.19. The van der Waals surface area contributed by atoms with Crippen molar-refractivity contribution in [1.29, 1.82) is 0 Å². The molecule has 0 spiro atoms. The Morgan fingerprint density at radius 3 is 2.81 bits per heavy atom. The number of hydrogen-bond acceptors (Lipinski definition) is 6. The number of amides is 1. The van der Waals surface area contributed by atoms with Crippen LogP contribution >= 0.6 is 0 Å². The van der Waals surface area contributed by atoms with Crippen LogP contribution in [-0.2, 0) is 16.0 Å². The van der Waals surface area contributed by atoms with Crippen molar-refractivity contribution >= 4 is 11.9 Å². The molecule has 1 saturated carbocycles. The van der Waals surface area contributed by atoms with Gasteiger partial charge in [-0.2, -0.15) is 0 Å². The molecule has 0 aromatic carbocycles. The summed E-state index contributed by atoms with van der Waals surface area (Å²) in [4.78, 5) is 29.4. The van der Waals surface area contributed by atoms with Crippen LogP contribution in [0, 0.1) is 6.92 Å². The van der Waals surface area contributed by atoms with Crippen molar-refractivity contribution in [2.24, 2.45) is 0 Å². The van der Waals surface area contributed by atoms with Crippen molar-refractivity contribution in [3.05, 3.63) is 29.9 Å². The fourth-order valence-electron chi connectivity index (χ4n) is 3.21. The summed E-state index contributed by atoms with van der Waals surface area (Å²) in [6.45, 7) is 4.44. The Balaban J connectivity index is 1.49. The summed E-state index contributed by atoms with van der Waals surface area (Å²) in [6, 6.07) is 3.78. The monoisotopic (exact) mass is 361 g/mol. The van der Waals surface area contributed by atoms with Gasteiger partial charge in [-0.05, 0) is 38.4 Å². The van der Waals surface area contributed by atoms with Crippen molar-refractivity contribution in [2.75, 3.05) is 13.1 Å². The van der Waals surface area contributed by atoms with E-state index in [2.05, 4.69) is 10.3 Å². The molecule has 0 atom stereocenters. The third kappa shape index (κ3) is 4.13. The molecule has 140 valence electrons. The van der Waals surface area contributed by atoms with Crippen LogP contribution in [0.4, 0.5) is 0 Å². The van der Waals surface area contributed by atoms with E-state index in [1.165, 1.54) is 6.26 Å². The summed E-state index contributed by atoms with van der Waals surface area (Å²) in [6.07, 6.45) is 3.21. The van der Waals surface area contributed by atoms with E-state index in [9.17, 15) is 9.59 Å². The molecule has 1 amide bonds. The molecule has 2 aromatic heterocycles. The number of aromatic nitrogens is 1. The van der Waals surface area contributed by atoms with E-state index in [1.54, 1.807) is 19.1 Å². The second kappa shape index (κ2) is 7.74. The second-order valence-corrected chi connectivity index (χ2v) is 6.52. The molecule has 1 aliphatic rings. The lowest BCUT2D eigenvalue weighted by Crippen LogP contribution is -2.55. The van der Waals surface area contributed by atoms with E-state index in [1.807, 2.05) is 11.8 Å². The zero-order chi connectivity index (χ0) is 18.7. The van der Waals surface area contributed by atoms with Crippen molar-refractivity contribution in [1.82, 2.24) is 15.2 Å². The molecule has 0 bridgehead atoms. The lowest BCUT2D eigenvalue weighted by molar-refractivity contribution is -0.139. The molecule has 0 unspecified atom stereocenters. The lowest BCUT2D eigenvalue weighted by atomic mass is 9.85. The maximum atomic E-state index is 12.3. The molecule has 2 aromatic rings. The van der Waals surface area contributed by atoms with Gasteiger partial charge in [0.05, 0.1) is 24.9 Å². The fraction of sp³-hybridized carbons (Fsp3) is 0.500. The minimum atomic E-state index is -0.826. The van der Waals surface area contributed by atoms with Crippen LogP contribution in [0.15, 0.2) is 27.2 Å². The maximum absolute atomic E-state index is 12.3. The van der Waals surface area contributed by atoms with E-state index in [0.717, 1.165) is 12.8 Å². The molecule has 2 N–H and O–H groups in total. The van der Waals surface area contributed by atoms with Gasteiger partial charge in [-0.1, -0.05) is 6.92 Å². The van der Waals surface area contributed by atoms with Crippen molar-refractivity contribution in [3.63, 3.8) is 0 Å². The zero-order valence-electron chi connectivity index (χ0n) is 14.9. The number of carboxylic acids is 1. The Morgan fingerprint density at radius 2 is 2.19 bits per heavy atom. The van der Waals surface area contributed by atoms with E-state index < -0.39 is 5.97 Å². The number of carbonyl (C=O) groups excluding carboxylic acids is 1. The van der Waals surface area contributed by atoms with E-state index in [4.69, 9.17) is 13.9 Å². The van der Waals surface area contributed by atoms with Crippen molar-refractivity contribution < 1.29 is 23.5 Å². The van der Waals surface area contributed by atoms with Crippen LogP contribution in [0.25, 0.3) is 11.7 Å². The lowest BCUT2D eigenvalue weighted by Gasteiger charge is -2.42. The number of nitrogens with zero attached hydrogens (tertiary/aromatic N) is 2. The predicted octanol–water partition coefficient (Wildman–Crippen LogP) is 1.84. The smallest absolute Gasteiger partial charge is 0.317 e. The Bertz CT molecular complexity index is 762. The number of hydrogen-bond donors (Lipinski definition) is 2. The van der Waals surface area contributed by atoms with Gasteiger partial charge in [-0.3, -0.25) is 14.5 Å². The van der Waals surface area contributed by atoms with Gasteiger partial charge >= 0.3 is 5.97 Å². The molecule has 3 rings (SSSR count). The Kier molecular flexibility index (Phi) is 5.41. The first kappa shape index (κ1) is 18.2. The van der Waals surface area contributed by atoms with Gasteiger partial charge in [0.2, 0.25) is 5.91 Å². The minimum Gasteiger partial charge on any atom is -0.480 e. The summed E-state index contributed by atoms with van der Waals surface area (Å²) in [5.74, 6) is 0.549. The van der Waals surface area contributed by atoms with Crippen molar-refractivity contribution in [3.8, 4) is 11.7 Å². The third-order valence-corrected chi connectivity index (χ3v) is 4.69. The van der Waals surface area contributed by atoms with Gasteiger partial charge in [-0.25, -0.2) is 4.98 Å². The summed E-state index contributed by atoms with van der Waals surface area (Å²) in [5, 5.41) is 11.9. The molecule has 0 radical (unpaired) electrons. The highest BCUT2D eigenvalue weighted by molar-refractivity contribution is 5.79. The van der Waals surface area contributed by atoms with Gasteiger partial charge in [0, 0.05) is 12.1 Å². The molecule has 26 heavy (non-hydrogen) atoms. The van der Waals surface area contributed by atoms with E-state index in [-0.39, 0.29) is 31.0 Å². The molecule has 1 fully saturated rings. The Labute approximate surface area is 151 Å². The highest BCUT2D eigenvalue weighted by Gasteiger charge is 2.34. The normalized spacial score (nSPS) is 19.3. The summed E-state index contributed by atoms with van der Waals surface area (Å²) in [7, 11) is 0. The quantitative estimate of drug-likeness (QED) is 0.738. The number of carbonyl (C=O) groups is 2. The van der Waals surface area contributed by atoms with Gasteiger partial charge in [0.15, 0.2) is 5.76 Å². The molecule has 1 aliphatic carbocycles. The maximum Gasteiger partial charge on any atom is 0.317 e. The zero-order valence-corrected chi connectivity index (χ0v) is 14.9. The average molecular weight is 361 g/mol. The molecule has 0 saturated heterocycles. The number of aliphatic carboxylic acids is 1. The SMILES string of the molecule is CCN(CC(=O)O)C1CC(NC(=O)Cc2nc(-c3ccco3)oc2C)C1. The Hall–Kier alpha value is -2.61. The highest BCUT2D eigenvalue weighted by atomic mass is 16.4. The predicted molar refractivity (Wildman–Crippen MR) is 92.5 cm³/mol. The van der Waals surface area contributed by atoms with Crippen LogP contribution in [0.3, 0.4) is 0 Å². The van der Waals surface area contributed by atoms with E-state index >= 15 is 0 Å². The number of furan rings is 1. The summed E-state index contributed by atoms with van der Waals surface area (Å²) >= 11 is 0. The first-order chi connectivity index (χ1) is 12.5. The van der Waals surface area contributed by atoms with E-state index in [0.29, 0.717) is 29.6 Å². The summed E-state index contributed by atoms with van der Waals surface area (Å²) in [5.41, 5.74) is 0.589. The number of rotatable bonds is 8. The highest BCUT2D eigenvalue weighted by Crippen LogP contribution is 2.26. The van der Waals surface area contributed by atoms with Crippen LogP contribution in [0.2, 0.25) is 0 Å². The number of likely N-dealkylation sites (N-methyl/N-ethyl adjacent to an activating group) is 1. The van der Waals surface area contributed by atoms with Gasteiger partial charge in [0.1, 0.15) is 5.76 Å². The molecule has 0 aliphatic heterocycles. The fourth-order valence-corrected chi connectivity index (χ4v) is 3.21. The first-order valence-electron chi connectivity index (χ1n) is 8.71. The molecular formula is C18H23N3O5. The third-order valence-electron chi connectivity index (χ3n) is 4.69. The standard InChI is InChI=1S/C18H23N3O5/c1-3-21(10-17(23)24)13-7-12(8-13)19-16(22)9-14-11(2)26-18(20-14)15-5-4-6-25-15/h4-6,12-13H,3,7-10H2,1-2H3,(H,19,22)(H,23,24). The molecule has 8 nitrogen and oxygen atoms in total. The number of oxazole rings is 1. The van der Waals surface area contributed by atoms with Crippen LogP contribution in [-0.4, -0.2) is 52.0 Å². The molecule has 8 heteroatoms. The van der Waals surface area contributed by atoms with Crippen LogP contribution < -0.4 is 5.32 Å². The van der Waals surface area contributed by atoms with Gasteiger partial charge in [0.25, 0.3) is 5.89 Å². The topological polar surface area (TPSA) is 109 Å². The van der Waals surface area contributed by atoms with Gasteiger partial charge in [-0.15, -0.1) is 0 Å². The summed E-state index contributed by atoms with van der Waals surface area (Å²) < 4.78 is 10.8. The van der Waals surface area contributed by atoms with Crippen LogP contribution in [0.5, 0.6) is 0 Å². The number of aryl methyl sites for hydroxylation is 1. The first-order valence-corrected chi connectivity index (χ1v) is 8.71. The number of nitrogens with one attached hydrogen (secondary N) is 1.